The fourth-order valence-electron chi connectivity index (χ4n) is 2.69. The first kappa shape index (κ1) is 18.7. The molecule has 2 aromatic carbocycles. The highest BCUT2D eigenvalue weighted by molar-refractivity contribution is 6.00. The van der Waals surface area contributed by atoms with Gasteiger partial charge in [-0.15, -0.1) is 0 Å². The Bertz CT molecular complexity index is 900. The molecule has 0 aliphatic carbocycles. The Morgan fingerprint density at radius 1 is 1.15 bits per heavy atom. The summed E-state index contributed by atoms with van der Waals surface area (Å²) in [6, 6.07) is 15.1. The summed E-state index contributed by atoms with van der Waals surface area (Å²) >= 11 is 0. The maximum Gasteiger partial charge on any atom is 0.252 e. The van der Waals surface area contributed by atoms with Crippen LogP contribution in [0.1, 0.15) is 37.6 Å². The summed E-state index contributed by atoms with van der Waals surface area (Å²) in [5.41, 5.74) is 2.13. The van der Waals surface area contributed by atoms with E-state index in [9.17, 15) is 4.79 Å². The molecule has 0 aliphatic heterocycles. The van der Waals surface area contributed by atoms with Gasteiger partial charge >= 0.3 is 0 Å². The van der Waals surface area contributed by atoms with Crippen molar-refractivity contribution in [1.29, 1.82) is 0 Å². The molecule has 0 spiro atoms. The SMILES string of the molecule is CCOc1ccc(-c2cnc(-c3ccccc3C(=O)N[C@@H](C)CC)o2)cc1. The second-order valence-corrected chi connectivity index (χ2v) is 6.32. The Labute approximate surface area is 159 Å². The van der Waals surface area contributed by atoms with E-state index >= 15 is 0 Å². The average Bonchev–Trinajstić information content (AvgIpc) is 3.18. The maximum absolute atomic E-state index is 12.6. The molecular formula is C22H24N2O3. The number of carbonyl (C=O) groups excluding carboxylic acids is 1. The van der Waals surface area contributed by atoms with Crippen molar-refractivity contribution in [3.63, 3.8) is 0 Å². The number of hydrogen-bond acceptors (Lipinski definition) is 4. The highest BCUT2D eigenvalue weighted by atomic mass is 16.5. The summed E-state index contributed by atoms with van der Waals surface area (Å²) in [5, 5.41) is 2.99. The van der Waals surface area contributed by atoms with E-state index in [1.807, 2.05) is 63.2 Å². The lowest BCUT2D eigenvalue weighted by molar-refractivity contribution is 0.0939. The molecule has 140 valence electrons. The molecule has 0 saturated carbocycles. The summed E-state index contributed by atoms with van der Waals surface area (Å²) in [6.45, 7) is 6.59. The first-order valence-corrected chi connectivity index (χ1v) is 9.21. The number of nitrogens with one attached hydrogen (secondary N) is 1. The van der Waals surface area contributed by atoms with Crippen LogP contribution < -0.4 is 10.1 Å². The molecule has 1 atom stereocenters. The van der Waals surface area contributed by atoms with E-state index < -0.39 is 0 Å². The van der Waals surface area contributed by atoms with Gasteiger partial charge in [0.05, 0.1) is 18.4 Å². The molecule has 0 saturated heterocycles. The molecule has 1 aromatic heterocycles. The third-order valence-electron chi connectivity index (χ3n) is 4.35. The number of hydrogen-bond donors (Lipinski definition) is 1. The predicted octanol–water partition coefficient (Wildman–Crippen LogP) is 4.94. The Morgan fingerprint density at radius 2 is 1.89 bits per heavy atom. The van der Waals surface area contributed by atoms with E-state index in [0.29, 0.717) is 29.4 Å². The number of ether oxygens (including phenoxy) is 1. The zero-order valence-electron chi connectivity index (χ0n) is 15.9. The van der Waals surface area contributed by atoms with E-state index in [0.717, 1.165) is 17.7 Å². The van der Waals surface area contributed by atoms with Crippen LogP contribution in [0.4, 0.5) is 0 Å². The van der Waals surface area contributed by atoms with Crippen molar-refractivity contribution in [3.05, 3.63) is 60.3 Å². The van der Waals surface area contributed by atoms with Crippen LogP contribution in [-0.2, 0) is 0 Å². The van der Waals surface area contributed by atoms with E-state index in [1.165, 1.54) is 0 Å². The molecule has 1 N–H and O–H groups in total. The highest BCUT2D eigenvalue weighted by Gasteiger charge is 2.17. The zero-order chi connectivity index (χ0) is 19.2. The maximum atomic E-state index is 12.6. The molecule has 5 heteroatoms. The summed E-state index contributed by atoms with van der Waals surface area (Å²) in [4.78, 5) is 17.0. The summed E-state index contributed by atoms with van der Waals surface area (Å²) in [6.07, 6.45) is 2.54. The van der Waals surface area contributed by atoms with Crippen LogP contribution in [-0.4, -0.2) is 23.5 Å². The minimum absolute atomic E-state index is 0.106. The number of amides is 1. The van der Waals surface area contributed by atoms with E-state index in [1.54, 1.807) is 12.3 Å². The van der Waals surface area contributed by atoms with Crippen LogP contribution >= 0.6 is 0 Å². The largest absolute Gasteiger partial charge is 0.494 e. The predicted molar refractivity (Wildman–Crippen MR) is 106 cm³/mol. The van der Waals surface area contributed by atoms with E-state index in [-0.39, 0.29) is 11.9 Å². The van der Waals surface area contributed by atoms with Crippen LogP contribution in [0.2, 0.25) is 0 Å². The van der Waals surface area contributed by atoms with Gasteiger partial charge in [-0.05, 0) is 56.7 Å². The lowest BCUT2D eigenvalue weighted by Crippen LogP contribution is -2.32. The van der Waals surface area contributed by atoms with Crippen molar-refractivity contribution in [1.82, 2.24) is 10.3 Å². The molecule has 3 aromatic rings. The fourth-order valence-corrected chi connectivity index (χ4v) is 2.69. The van der Waals surface area contributed by atoms with Gasteiger partial charge in [0.1, 0.15) is 5.75 Å². The van der Waals surface area contributed by atoms with Crippen LogP contribution in [0.3, 0.4) is 0 Å². The number of aromatic nitrogens is 1. The number of benzene rings is 2. The van der Waals surface area contributed by atoms with Crippen LogP contribution in [0, 0.1) is 0 Å². The van der Waals surface area contributed by atoms with E-state index in [2.05, 4.69) is 10.3 Å². The molecule has 0 aliphatic rings. The van der Waals surface area contributed by atoms with Crippen LogP contribution in [0.15, 0.2) is 59.1 Å². The number of nitrogens with zero attached hydrogens (tertiary/aromatic N) is 1. The number of oxazole rings is 1. The van der Waals surface area contributed by atoms with Crippen molar-refractivity contribution in [2.24, 2.45) is 0 Å². The van der Waals surface area contributed by atoms with Gasteiger partial charge in [0, 0.05) is 17.2 Å². The first-order chi connectivity index (χ1) is 13.1. The topological polar surface area (TPSA) is 64.4 Å². The second kappa shape index (κ2) is 8.54. The van der Waals surface area contributed by atoms with Crippen molar-refractivity contribution < 1.29 is 13.9 Å². The van der Waals surface area contributed by atoms with Gasteiger partial charge < -0.3 is 14.5 Å². The van der Waals surface area contributed by atoms with Crippen molar-refractivity contribution in [3.8, 4) is 28.5 Å². The molecular weight excluding hydrogens is 340 g/mol. The lowest BCUT2D eigenvalue weighted by atomic mass is 10.1. The second-order valence-electron chi connectivity index (χ2n) is 6.32. The van der Waals surface area contributed by atoms with Gasteiger partial charge in [0.25, 0.3) is 5.91 Å². The third-order valence-corrected chi connectivity index (χ3v) is 4.35. The van der Waals surface area contributed by atoms with Crippen LogP contribution in [0.25, 0.3) is 22.8 Å². The molecule has 27 heavy (non-hydrogen) atoms. The smallest absolute Gasteiger partial charge is 0.252 e. The molecule has 0 fully saturated rings. The molecule has 0 radical (unpaired) electrons. The molecule has 1 heterocycles. The van der Waals surface area contributed by atoms with Crippen LogP contribution in [0.5, 0.6) is 5.75 Å². The Kier molecular flexibility index (Phi) is 5.91. The van der Waals surface area contributed by atoms with Crippen molar-refractivity contribution >= 4 is 5.91 Å². The first-order valence-electron chi connectivity index (χ1n) is 9.21. The van der Waals surface area contributed by atoms with Gasteiger partial charge in [-0.2, -0.15) is 0 Å². The van der Waals surface area contributed by atoms with Gasteiger partial charge in [-0.25, -0.2) is 4.98 Å². The third kappa shape index (κ3) is 4.37. The lowest BCUT2D eigenvalue weighted by Gasteiger charge is -2.12. The number of carbonyl (C=O) groups is 1. The molecule has 5 nitrogen and oxygen atoms in total. The minimum atomic E-state index is -0.124. The molecule has 1 amide bonds. The van der Waals surface area contributed by atoms with Crippen molar-refractivity contribution in [2.75, 3.05) is 6.61 Å². The molecule has 0 unspecified atom stereocenters. The zero-order valence-corrected chi connectivity index (χ0v) is 15.9. The van der Waals surface area contributed by atoms with E-state index in [4.69, 9.17) is 9.15 Å². The monoisotopic (exact) mass is 364 g/mol. The average molecular weight is 364 g/mol. The summed E-state index contributed by atoms with van der Waals surface area (Å²) in [5.74, 6) is 1.76. The molecule has 3 rings (SSSR count). The minimum Gasteiger partial charge on any atom is -0.494 e. The van der Waals surface area contributed by atoms with Crippen molar-refractivity contribution in [2.45, 2.75) is 33.2 Å². The normalized spacial score (nSPS) is 11.8. The summed E-state index contributed by atoms with van der Waals surface area (Å²) < 4.78 is 11.4. The quantitative estimate of drug-likeness (QED) is 0.645. The highest BCUT2D eigenvalue weighted by Crippen LogP contribution is 2.29. The Hall–Kier alpha value is -3.08. The molecule has 0 bridgehead atoms. The fraction of sp³-hybridized carbons (Fsp3) is 0.273. The standard InChI is InChI=1S/C22H24N2O3/c1-4-15(3)24-21(25)18-8-6-7-9-19(18)22-23-14-20(27-22)16-10-12-17(13-11-16)26-5-2/h6-15H,4-5H2,1-3H3,(H,24,25)/t15-/m0/s1. The van der Waals surface area contributed by atoms with Gasteiger partial charge in [-0.1, -0.05) is 19.1 Å². The van der Waals surface area contributed by atoms with Gasteiger partial charge in [-0.3, -0.25) is 4.79 Å². The summed E-state index contributed by atoms with van der Waals surface area (Å²) in [7, 11) is 0. The van der Waals surface area contributed by atoms with Gasteiger partial charge in [0.15, 0.2) is 5.76 Å². The Balaban J connectivity index is 1.87. The number of rotatable bonds is 7. The Morgan fingerprint density at radius 3 is 2.59 bits per heavy atom. The van der Waals surface area contributed by atoms with Gasteiger partial charge in [0.2, 0.25) is 5.89 Å².